The summed E-state index contributed by atoms with van der Waals surface area (Å²) < 4.78 is 0. The van der Waals surface area contributed by atoms with Gasteiger partial charge >= 0.3 is 0 Å². The third kappa shape index (κ3) is 3.58. The molecule has 5 heteroatoms. The zero-order valence-electron chi connectivity index (χ0n) is 11.4. The summed E-state index contributed by atoms with van der Waals surface area (Å²) in [6, 6.07) is 11.7. The maximum atomic E-state index is 12.0. The van der Waals surface area contributed by atoms with E-state index < -0.39 is 0 Å². The van der Waals surface area contributed by atoms with Gasteiger partial charge in [-0.25, -0.2) is 4.98 Å². The molecular weight excluding hydrogens is 282 g/mol. The van der Waals surface area contributed by atoms with E-state index in [1.54, 1.807) is 23.7 Å². The lowest BCUT2D eigenvalue weighted by molar-refractivity contribution is -0.116. The first-order valence-electron chi connectivity index (χ1n) is 6.73. The zero-order valence-corrected chi connectivity index (χ0v) is 12.2. The second kappa shape index (κ2) is 6.37. The molecule has 3 rings (SSSR count). The summed E-state index contributed by atoms with van der Waals surface area (Å²) in [6.07, 6.45) is 4.76. The number of carbonyl (C=O) groups excluding carboxylic acids is 1. The van der Waals surface area contributed by atoms with Crippen LogP contribution in [0.25, 0.3) is 11.4 Å². The summed E-state index contributed by atoms with van der Waals surface area (Å²) in [6.45, 7) is 0. The second-order valence-corrected chi connectivity index (χ2v) is 5.68. The molecule has 0 fully saturated rings. The van der Waals surface area contributed by atoms with Crippen molar-refractivity contribution in [3.05, 3.63) is 59.0 Å². The topological polar surface area (TPSA) is 57.8 Å². The highest BCUT2D eigenvalue weighted by atomic mass is 32.1. The molecule has 2 aromatic heterocycles. The van der Waals surface area contributed by atoms with E-state index in [9.17, 15) is 4.79 Å². The van der Waals surface area contributed by atoms with Crippen LogP contribution in [0.15, 0.2) is 54.2 Å². The highest BCUT2D eigenvalue weighted by Crippen LogP contribution is 2.19. The minimum absolute atomic E-state index is 0.0278. The van der Waals surface area contributed by atoms with Gasteiger partial charge in [-0.05, 0) is 30.0 Å². The fourth-order valence-corrected chi connectivity index (χ4v) is 2.79. The van der Waals surface area contributed by atoms with Gasteiger partial charge in [0.1, 0.15) is 5.82 Å². The number of anilines is 1. The van der Waals surface area contributed by atoms with Gasteiger partial charge in [-0.3, -0.25) is 4.79 Å². The smallest absolute Gasteiger partial charge is 0.224 e. The Labute approximate surface area is 126 Å². The minimum Gasteiger partial charge on any atom is -0.345 e. The van der Waals surface area contributed by atoms with E-state index in [-0.39, 0.29) is 5.91 Å². The van der Waals surface area contributed by atoms with E-state index in [0.717, 1.165) is 23.5 Å². The quantitative estimate of drug-likeness (QED) is 0.754. The Bertz CT molecular complexity index is 705. The Morgan fingerprint density at radius 3 is 3.00 bits per heavy atom. The van der Waals surface area contributed by atoms with Gasteiger partial charge in [0.2, 0.25) is 5.91 Å². The van der Waals surface area contributed by atoms with Gasteiger partial charge in [0.15, 0.2) is 0 Å². The van der Waals surface area contributed by atoms with Crippen LogP contribution in [0.2, 0.25) is 0 Å². The van der Waals surface area contributed by atoms with Crippen LogP contribution in [0, 0.1) is 0 Å². The molecule has 2 N–H and O–H groups in total. The lowest BCUT2D eigenvalue weighted by atomic mass is 10.2. The van der Waals surface area contributed by atoms with Crippen molar-refractivity contribution in [3.63, 3.8) is 0 Å². The molecule has 1 amide bonds. The Morgan fingerprint density at radius 2 is 2.24 bits per heavy atom. The number of carbonyl (C=O) groups is 1. The number of benzene rings is 1. The first-order chi connectivity index (χ1) is 10.3. The van der Waals surface area contributed by atoms with Crippen molar-refractivity contribution in [3.8, 4) is 11.4 Å². The van der Waals surface area contributed by atoms with Gasteiger partial charge in [0, 0.05) is 34.9 Å². The van der Waals surface area contributed by atoms with Crippen molar-refractivity contribution in [2.24, 2.45) is 0 Å². The molecule has 2 heterocycles. The van der Waals surface area contributed by atoms with E-state index in [0.29, 0.717) is 6.42 Å². The highest BCUT2D eigenvalue weighted by Gasteiger charge is 2.06. The average Bonchev–Trinajstić information content (AvgIpc) is 3.19. The molecule has 0 spiro atoms. The van der Waals surface area contributed by atoms with Crippen LogP contribution in [-0.2, 0) is 11.2 Å². The summed E-state index contributed by atoms with van der Waals surface area (Å²) in [4.78, 5) is 20.5. The number of hydrogen-bond donors (Lipinski definition) is 2. The van der Waals surface area contributed by atoms with E-state index in [1.807, 2.05) is 35.7 Å². The van der Waals surface area contributed by atoms with Crippen LogP contribution in [0.3, 0.4) is 0 Å². The molecule has 0 atom stereocenters. The first kappa shape index (κ1) is 13.6. The SMILES string of the molecule is O=C(CCc1cccs1)Nc1cccc(-c2ncc[nH]2)c1. The lowest BCUT2D eigenvalue weighted by Crippen LogP contribution is -2.12. The molecule has 106 valence electrons. The predicted octanol–water partition coefficient (Wildman–Crippen LogP) is 3.71. The van der Waals surface area contributed by atoms with Gasteiger partial charge in [0.05, 0.1) is 0 Å². The van der Waals surface area contributed by atoms with Crippen LogP contribution in [0.5, 0.6) is 0 Å². The molecule has 0 aliphatic carbocycles. The van der Waals surface area contributed by atoms with Gasteiger partial charge in [-0.2, -0.15) is 0 Å². The summed E-state index contributed by atoms with van der Waals surface area (Å²) in [5.41, 5.74) is 1.75. The van der Waals surface area contributed by atoms with Crippen LogP contribution < -0.4 is 5.32 Å². The third-order valence-electron chi connectivity index (χ3n) is 3.10. The molecule has 0 aliphatic heterocycles. The molecule has 0 saturated heterocycles. The minimum atomic E-state index is 0.0278. The number of nitrogens with zero attached hydrogens (tertiary/aromatic N) is 1. The van der Waals surface area contributed by atoms with Gasteiger partial charge in [-0.1, -0.05) is 18.2 Å². The Balaban J connectivity index is 1.62. The molecule has 0 aliphatic rings. The van der Waals surface area contributed by atoms with Crippen molar-refractivity contribution in [1.29, 1.82) is 0 Å². The number of rotatable bonds is 5. The third-order valence-corrected chi connectivity index (χ3v) is 4.03. The summed E-state index contributed by atoms with van der Waals surface area (Å²) in [5.74, 6) is 0.824. The Kier molecular flexibility index (Phi) is 4.12. The number of hydrogen-bond acceptors (Lipinski definition) is 3. The number of nitrogens with one attached hydrogen (secondary N) is 2. The van der Waals surface area contributed by atoms with E-state index in [2.05, 4.69) is 21.4 Å². The number of thiophene rings is 1. The van der Waals surface area contributed by atoms with Gasteiger partial charge in [-0.15, -0.1) is 11.3 Å². The molecular formula is C16H15N3OS. The fourth-order valence-electron chi connectivity index (χ4n) is 2.08. The maximum Gasteiger partial charge on any atom is 0.224 e. The van der Waals surface area contributed by atoms with Crippen LogP contribution >= 0.6 is 11.3 Å². The molecule has 1 aromatic carbocycles. The molecule has 0 saturated carbocycles. The van der Waals surface area contributed by atoms with Crippen molar-refractivity contribution in [1.82, 2.24) is 9.97 Å². The molecule has 3 aromatic rings. The number of amides is 1. The normalized spacial score (nSPS) is 10.5. The number of aryl methyl sites for hydroxylation is 1. The summed E-state index contributed by atoms with van der Waals surface area (Å²) in [5, 5.41) is 4.96. The lowest BCUT2D eigenvalue weighted by Gasteiger charge is -2.06. The molecule has 4 nitrogen and oxygen atoms in total. The molecule has 0 radical (unpaired) electrons. The van der Waals surface area contributed by atoms with Gasteiger partial charge in [0.25, 0.3) is 0 Å². The van der Waals surface area contributed by atoms with Crippen LogP contribution in [0.1, 0.15) is 11.3 Å². The number of imidazole rings is 1. The van der Waals surface area contributed by atoms with Crippen molar-refractivity contribution < 1.29 is 4.79 Å². The van der Waals surface area contributed by atoms with Crippen molar-refractivity contribution in [2.75, 3.05) is 5.32 Å². The molecule has 0 bridgehead atoms. The largest absolute Gasteiger partial charge is 0.345 e. The standard InChI is InChI=1S/C16H15N3OS/c20-15(7-6-14-5-2-10-21-14)19-13-4-1-3-12(11-13)16-17-8-9-18-16/h1-5,8-11H,6-7H2,(H,17,18)(H,19,20). The maximum absolute atomic E-state index is 12.0. The fraction of sp³-hybridized carbons (Fsp3) is 0.125. The van der Waals surface area contributed by atoms with Crippen molar-refractivity contribution in [2.45, 2.75) is 12.8 Å². The zero-order chi connectivity index (χ0) is 14.5. The van der Waals surface area contributed by atoms with Crippen LogP contribution in [0.4, 0.5) is 5.69 Å². The summed E-state index contributed by atoms with van der Waals surface area (Å²) >= 11 is 1.68. The number of H-pyrrole nitrogens is 1. The Morgan fingerprint density at radius 1 is 1.29 bits per heavy atom. The molecule has 0 unspecified atom stereocenters. The van der Waals surface area contributed by atoms with E-state index in [1.165, 1.54) is 4.88 Å². The summed E-state index contributed by atoms with van der Waals surface area (Å²) in [7, 11) is 0. The average molecular weight is 297 g/mol. The number of aromatic amines is 1. The van der Waals surface area contributed by atoms with E-state index in [4.69, 9.17) is 0 Å². The molecule has 21 heavy (non-hydrogen) atoms. The van der Waals surface area contributed by atoms with E-state index >= 15 is 0 Å². The second-order valence-electron chi connectivity index (χ2n) is 4.65. The van der Waals surface area contributed by atoms with Crippen LogP contribution in [-0.4, -0.2) is 15.9 Å². The monoisotopic (exact) mass is 297 g/mol. The predicted molar refractivity (Wildman–Crippen MR) is 85.3 cm³/mol. The first-order valence-corrected chi connectivity index (χ1v) is 7.61. The Hall–Kier alpha value is -2.40. The number of aromatic nitrogens is 2. The van der Waals surface area contributed by atoms with Crippen molar-refractivity contribution >= 4 is 22.9 Å². The van der Waals surface area contributed by atoms with Gasteiger partial charge < -0.3 is 10.3 Å². The highest BCUT2D eigenvalue weighted by molar-refractivity contribution is 7.09.